The molecule has 4 nitrogen and oxygen atoms in total. The minimum atomic E-state index is -4.64. The van der Waals surface area contributed by atoms with Gasteiger partial charge < -0.3 is 10.4 Å². The highest BCUT2D eigenvalue weighted by Crippen LogP contribution is 2.22. The molecule has 130 valence electrons. The summed E-state index contributed by atoms with van der Waals surface area (Å²) in [6.07, 6.45) is -1.04. The number of hydrogen-bond acceptors (Lipinski definition) is 4. The molecule has 0 spiro atoms. The van der Waals surface area contributed by atoms with Gasteiger partial charge in [-0.15, -0.1) is 0 Å². The van der Waals surface area contributed by atoms with Crippen LogP contribution in [0.25, 0.3) is 0 Å². The maximum absolute atomic E-state index is 13.3. The molecule has 1 unspecified atom stereocenters. The van der Waals surface area contributed by atoms with E-state index in [0.717, 1.165) is 18.2 Å². The van der Waals surface area contributed by atoms with Crippen LogP contribution >= 0.6 is 11.6 Å². The number of benzene rings is 2. The number of hydrogen-bond donors (Lipinski definition) is 2. The molecule has 0 aliphatic carbocycles. The molecule has 0 saturated heterocycles. The minimum absolute atomic E-state index is 0.00200. The smallest absolute Gasteiger partial charge is 0.341 e. The second kappa shape index (κ2) is 7.42. The lowest BCUT2D eigenvalue weighted by atomic mass is 10.1. The van der Waals surface area contributed by atoms with Crippen molar-refractivity contribution >= 4 is 27.1 Å². The maximum atomic E-state index is 13.3. The Morgan fingerprint density at radius 1 is 1.12 bits per heavy atom. The summed E-state index contributed by atoms with van der Waals surface area (Å²) in [6.45, 7) is 0.00200. The molecule has 0 saturated carbocycles. The highest BCUT2D eigenvalue weighted by molar-refractivity contribution is 7.91. The Kier molecular flexibility index (Phi) is 5.74. The largest absolute Gasteiger partial charge is 0.387 e. The molecule has 1 atom stereocenters. The van der Waals surface area contributed by atoms with Crippen LogP contribution in [0.4, 0.5) is 18.9 Å². The molecule has 0 radical (unpaired) electrons. The van der Waals surface area contributed by atoms with Crippen LogP contribution in [0, 0.1) is 5.82 Å². The van der Waals surface area contributed by atoms with E-state index in [-0.39, 0.29) is 11.6 Å². The first-order valence-electron chi connectivity index (χ1n) is 6.71. The van der Waals surface area contributed by atoms with Crippen LogP contribution in [0.1, 0.15) is 11.7 Å². The number of aliphatic hydroxyl groups excluding tert-OH is 1. The van der Waals surface area contributed by atoms with E-state index in [9.17, 15) is 26.7 Å². The molecule has 0 aliphatic heterocycles. The molecule has 2 aromatic carbocycles. The summed E-state index contributed by atoms with van der Waals surface area (Å²) in [5, 5.41) is 12.7. The normalized spacial score (nSPS) is 13.1. The summed E-state index contributed by atoms with van der Waals surface area (Å²) in [5.41, 5.74) is 0.720. The zero-order valence-electron chi connectivity index (χ0n) is 12.1. The van der Waals surface area contributed by atoms with E-state index in [2.05, 4.69) is 5.32 Å². The van der Waals surface area contributed by atoms with Crippen LogP contribution in [0.15, 0.2) is 47.4 Å². The van der Waals surface area contributed by atoms with E-state index in [1.807, 2.05) is 0 Å². The zero-order chi connectivity index (χ0) is 17.9. The first-order chi connectivity index (χ1) is 11.2. The fourth-order valence-electron chi connectivity index (χ4n) is 1.92. The molecular formula is C15H13ClF3NO3S. The fraction of sp³-hybridized carbons (Fsp3) is 0.200. The van der Waals surface area contributed by atoms with E-state index in [4.69, 9.17) is 11.6 Å². The van der Waals surface area contributed by atoms with Gasteiger partial charge in [0.05, 0.1) is 16.0 Å². The number of alkyl halides is 2. The van der Waals surface area contributed by atoms with Crippen molar-refractivity contribution in [3.63, 3.8) is 0 Å². The standard InChI is InChI=1S/C15H13ClF3NO3S/c16-12-6-1-9(7-13(12)17)14(21)8-20-10-2-4-11(5-3-10)24(22,23)15(18)19/h1-7,14-15,20-21H,8H2. The first kappa shape index (κ1) is 18.6. The van der Waals surface area contributed by atoms with Crippen LogP contribution in [0.3, 0.4) is 0 Å². The van der Waals surface area contributed by atoms with Crippen LogP contribution < -0.4 is 5.32 Å². The molecule has 0 aromatic heterocycles. The maximum Gasteiger partial charge on any atom is 0.341 e. The summed E-state index contributed by atoms with van der Waals surface area (Å²) in [6, 6.07) is 8.56. The Labute approximate surface area is 141 Å². The number of aliphatic hydroxyl groups is 1. The van der Waals surface area contributed by atoms with Crippen molar-refractivity contribution in [2.24, 2.45) is 0 Å². The zero-order valence-corrected chi connectivity index (χ0v) is 13.7. The molecule has 0 fully saturated rings. The average molecular weight is 380 g/mol. The molecule has 0 bridgehead atoms. The molecule has 2 rings (SSSR count). The highest BCUT2D eigenvalue weighted by Gasteiger charge is 2.26. The van der Waals surface area contributed by atoms with Crippen molar-refractivity contribution in [2.75, 3.05) is 11.9 Å². The third-order valence-corrected chi connectivity index (χ3v) is 4.95. The lowest BCUT2D eigenvalue weighted by Gasteiger charge is -2.14. The Morgan fingerprint density at radius 2 is 1.75 bits per heavy atom. The second-order valence-corrected chi connectivity index (χ2v) is 7.23. The lowest BCUT2D eigenvalue weighted by Crippen LogP contribution is -2.13. The van der Waals surface area contributed by atoms with Gasteiger partial charge in [-0.1, -0.05) is 17.7 Å². The van der Waals surface area contributed by atoms with E-state index in [0.29, 0.717) is 11.3 Å². The van der Waals surface area contributed by atoms with Gasteiger partial charge in [-0.25, -0.2) is 12.8 Å². The van der Waals surface area contributed by atoms with Gasteiger partial charge in [-0.3, -0.25) is 0 Å². The Hall–Kier alpha value is -1.77. The minimum Gasteiger partial charge on any atom is -0.387 e. The predicted molar refractivity (Wildman–Crippen MR) is 84.5 cm³/mol. The summed E-state index contributed by atoms with van der Waals surface area (Å²) < 4.78 is 60.8. The van der Waals surface area contributed by atoms with Crippen molar-refractivity contribution in [2.45, 2.75) is 16.8 Å². The van der Waals surface area contributed by atoms with Crippen molar-refractivity contribution in [1.82, 2.24) is 0 Å². The summed E-state index contributed by atoms with van der Waals surface area (Å²) in [7, 11) is -4.64. The van der Waals surface area contributed by atoms with E-state index < -0.39 is 32.4 Å². The Balaban J connectivity index is 2.03. The van der Waals surface area contributed by atoms with E-state index in [1.165, 1.54) is 24.3 Å². The SMILES string of the molecule is O=S(=O)(c1ccc(NCC(O)c2ccc(Cl)c(F)c2)cc1)C(F)F. The third kappa shape index (κ3) is 4.19. The molecule has 2 N–H and O–H groups in total. The molecule has 9 heteroatoms. The first-order valence-corrected chi connectivity index (χ1v) is 8.63. The highest BCUT2D eigenvalue weighted by atomic mass is 35.5. The lowest BCUT2D eigenvalue weighted by molar-refractivity contribution is 0.191. The Morgan fingerprint density at radius 3 is 2.29 bits per heavy atom. The quantitative estimate of drug-likeness (QED) is 0.804. The summed E-state index contributed by atoms with van der Waals surface area (Å²) >= 11 is 5.56. The second-order valence-electron chi connectivity index (χ2n) is 4.90. The van der Waals surface area contributed by atoms with Gasteiger partial charge in [-0.05, 0) is 42.0 Å². The van der Waals surface area contributed by atoms with Crippen molar-refractivity contribution in [3.05, 3.63) is 58.9 Å². The monoisotopic (exact) mass is 379 g/mol. The molecular weight excluding hydrogens is 367 g/mol. The molecule has 0 aliphatic rings. The molecule has 2 aromatic rings. The van der Waals surface area contributed by atoms with E-state index in [1.54, 1.807) is 0 Å². The van der Waals surface area contributed by atoms with Gasteiger partial charge in [0.2, 0.25) is 9.84 Å². The van der Waals surface area contributed by atoms with Crippen molar-refractivity contribution in [1.29, 1.82) is 0 Å². The average Bonchev–Trinajstić information content (AvgIpc) is 2.55. The van der Waals surface area contributed by atoms with Gasteiger partial charge in [0, 0.05) is 12.2 Å². The number of rotatable bonds is 6. The fourth-order valence-corrected chi connectivity index (χ4v) is 2.76. The molecule has 0 heterocycles. The number of anilines is 1. The van der Waals surface area contributed by atoms with Crippen molar-refractivity contribution < 1.29 is 26.7 Å². The third-order valence-electron chi connectivity index (χ3n) is 3.25. The molecule has 24 heavy (non-hydrogen) atoms. The van der Waals surface area contributed by atoms with Crippen LogP contribution in [0.5, 0.6) is 0 Å². The van der Waals surface area contributed by atoms with Gasteiger partial charge in [-0.2, -0.15) is 8.78 Å². The predicted octanol–water partition coefficient (Wildman–Crippen LogP) is 3.62. The van der Waals surface area contributed by atoms with Crippen LogP contribution in [-0.4, -0.2) is 25.8 Å². The Bertz CT molecular complexity index is 813. The van der Waals surface area contributed by atoms with Crippen LogP contribution in [-0.2, 0) is 9.84 Å². The summed E-state index contributed by atoms with van der Waals surface area (Å²) in [5.74, 6) is -4.15. The topological polar surface area (TPSA) is 66.4 Å². The van der Waals surface area contributed by atoms with Gasteiger partial charge >= 0.3 is 5.76 Å². The number of sulfone groups is 1. The van der Waals surface area contributed by atoms with Gasteiger partial charge in [0.15, 0.2) is 0 Å². The number of halogens is 4. The number of nitrogens with one attached hydrogen (secondary N) is 1. The van der Waals surface area contributed by atoms with Gasteiger partial charge in [0.1, 0.15) is 5.82 Å². The molecule has 0 amide bonds. The van der Waals surface area contributed by atoms with Gasteiger partial charge in [0.25, 0.3) is 0 Å². The van der Waals surface area contributed by atoms with Crippen molar-refractivity contribution in [3.8, 4) is 0 Å². The van der Waals surface area contributed by atoms with E-state index >= 15 is 0 Å². The summed E-state index contributed by atoms with van der Waals surface area (Å²) in [4.78, 5) is -0.497. The van der Waals surface area contributed by atoms with Crippen LogP contribution in [0.2, 0.25) is 5.02 Å².